The first-order valence-corrected chi connectivity index (χ1v) is 9.68. The van der Waals surface area contributed by atoms with Crippen LogP contribution in [-0.2, 0) is 11.3 Å². The molecule has 29 heavy (non-hydrogen) atoms. The van der Waals surface area contributed by atoms with Gasteiger partial charge in [0.25, 0.3) is 0 Å². The van der Waals surface area contributed by atoms with Crippen LogP contribution in [0.1, 0.15) is 11.1 Å². The molecule has 1 amide bonds. The summed E-state index contributed by atoms with van der Waals surface area (Å²) in [6, 6.07) is 14.0. The van der Waals surface area contributed by atoms with Crippen molar-refractivity contribution < 1.29 is 19.0 Å². The van der Waals surface area contributed by atoms with Crippen LogP contribution in [0.2, 0.25) is 0 Å². The van der Waals surface area contributed by atoms with E-state index in [1.165, 1.54) is 5.56 Å². The average molecular weight is 396 g/mol. The Morgan fingerprint density at radius 1 is 0.897 bits per heavy atom. The van der Waals surface area contributed by atoms with E-state index in [1.807, 2.05) is 11.0 Å². The van der Waals surface area contributed by atoms with Crippen LogP contribution in [0.4, 0.5) is 0 Å². The lowest BCUT2D eigenvalue weighted by molar-refractivity contribution is -0.127. The van der Waals surface area contributed by atoms with E-state index < -0.39 is 0 Å². The van der Waals surface area contributed by atoms with E-state index in [2.05, 4.69) is 29.2 Å². The van der Waals surface area contributed by atoms with E-state index in [4.69, 9.17) is 14.2 Å². The molecule has 0 radical (unpaired) electrons. The zero-order valence-corrected chi connectivity index (χ0v) is 17.3. The Morgan fingerprint density at radius 3 is 2.14 bits per heavy atom. The number of carbonyl (C=O) groups is 1. The first-order chi connectivity index (χ1) is 14.1. The number of hydrogen-bond donors (Lipinski definition) is 0. The SMILES string of the molecule is COc1cc(OC)c(OC)cc1/C=C/C(=O)N1CCN(Cc2ccccc2)CC1. The first-order valence-electron chi connectivity index (χ1n) is 9.68. The van der Waals surface area contributed by atoms with Crippen molar-refractivity contribution >= 4 is 12.0 Å². The molecule has 0 unspecified atom stereocenters. The van der Waals surface area contributed by atoms with Crippen molar-refractivity contribution in [2.24, 2.45) is 0 Å². The van der Waals surface area contributed by atoms with Crippen molar-refractivity contribution in [1.82, 2.24) is 9.80 Å². The van der Waals surface area contributed by atoms with Gasteiger partial charge in [0.15, 0.2) is 11.5 Å². The quantitative estimate of drug-likeness (QED) is 0.674. The summed E-state index contributed by atoms with van der Waals surface area (Å²) in [5, 5.41) is 0. The smallest absolute Gasteiger partial charge is 0.246 e. The van der Waals surface area contributed by atoms with Crippen LogP contribution >= 0.6 is 0 Å². The fourth-order valence-electron chi connectivity index (χ4n) is 3.42. The van der Waals surface area contributed by atoms with Crippen LogP contribution in [0.15, 0.2) is 48.5 Å². The average Bonchev–Trinajstić information content (AvgIpc) is 2.78. The van der Waals surface area contributed by atoms with Gasteiger partial charge in [-0.1, -0.05) is 30.3 Å². The van der Waals surface area contributed by atoms with Crippen LogP contribution in [0.3, 0.4) is 0 Å². The molecule has 1 fully saturated rings. The minimum atomic E-state index is 0.00111. The van der Waals surface area contributed by atoms with Gasteiger partial charge in [-0.25, -0.2) is 0 Å². The van der Waals surface area contributed by atoms with Crippen molar-refractivity contribution in [3.63, 3.8) is 0 Å². The molecule has 0 atom stereocenters. The molecule has 0 spiro atoms. The number of benzene rings is 2. The number of ether oxygens (including phenoxy) is 3. The minimum Gasteiger partial charge on any atom is -0.496 e. The van der Waals surface area contributed by atoms with E-state index in [9.17, 15) is 4.79 Å². The van der Waals surface area contributed by atoms with E-state index >= 15 is 0 Å². The van der Waals surface area contributed by atoms with Gasteiger partial charge in [-0.05, 0) is 17.7 Å². The van der Waals surface area contributed by atoms with Gasteiger partial charge in [0.05, 0.1) is 21.3 Å². The highest BCUT2D eigenvalue weighted by Crippen LogP contribution is 2.35. The molecule has 1 saturated heterocycles. The normalized spacial score (nSPS) is 14.8. The Morgan fingerprint density at radius 2 is 1.52 bits per heavy atom. The third kappa shape index (κ3) is 5.29. The maximum atomic E-state index is 12.6. The predicted molar refractivity (Wildman–Crippen MR) is 113 cm³/mol. The maximum absolute atomic E-state index is 12.6. The molecule has 0 N–H and O–H groups in total. The molecule has 2 aromatic rings. The Hall–Kier alpha value is -2.99. The number of piperazine rings is 1. The lowest BCUT2D eigenvalue weighted by Crippen LogP contribution is -2.47. The topological polar surface area (TPSA) is 51.2 Å². The molecule has 6 nitrogen and oxygen atoms in total. The van der Waals surface area contributed by atoms with Gasteiger partial charge < -0.3 is 19.1 Å². The molecule has 0 aliphatic carbocycles. The highest BCUT2D eigenvalue weighted by Gasteiger charge is 2.20. The van der Waals surface area contributed by atoms with Crippen LogP contribution in [0.25, 0.3) is 6.08 Å². The third-order valence-electron chi connectivity index (χ3n) is 5.07. The number of rotatable bonds is 7. The Bertz CT molecular complexity index is 843. The summed E-state index contributed by atoms with van der Waals surface area (Å²) in [6.45, 7) is 4.10. The largest absolute Gasteiger partial charge is 0.496 e. The Labute approximate surface area is 172 Å². The third-order valence-corrected chi connectivity index (χ3v) is 5.07. The molecule has 6 heteroatoms. The van der Waals surface area contributed by atoms with E-state index in [0.717, 1.165) is 38.3 Å². The van der Waals surface area contributed by atoms with Crippen LogP contribution < -0.4 is 14.2 Å². The number of methoxy groups -OCH3 is 3. The molecular weight excluding hydrogens is 368 g/mol. The second kappa shape index (κ2) is 9.98. The molecular formula is C23H28N2O4. The molecule has 1 aliphatic rings. The van der Waals surface area contributed by atoms with Crippen molar-refractivity contribution in [2.75, 3.05) is 47.5 Å². The van der Waals surface area contributed by atoms with Crippen LogP contribution in [-0.4, -0.2) is 63.2 Å². The van der Waals surface area contributed by atoms with Gasteiger partial charge in [-0.2, -0.15) is 0 Å². The molecule has 1 heterocycles. The monoisotopic (exact) mass is 396 g/mol. The molecule has 154 valence electrons. The van der Waals surface area contributed by atoms with Crippen molar-refractivity contribution in [3.05, 3.63) is 59.7 Å². The van der Waals surface area contributed by atoms with Crippen molar-refractivity contribution in [1.29, 1.82) is 0 Å². The fourth-order valence-corrected chi connectivity index (χ4v) is 3.42. The summed E-state index contributed by atoms with van der Waals surface area (Å²) < 4.78 is 16.1. The first kappa shape index (κ1) is 20.7. The highest BCUT2D eigenvalue weighted by atomic mass is 16.5. The summed E-state index contributed by atoms with van der Waals surface area (Å²) in [4.78, 5) is 16.9. The predicted octanol–water partition coefficient (Wildman–Crippen LogP) is 3.07. The molecule has 2 aromatic carbocycles. The number of nitrogens with zero attached hydrogens (tertiary/aromatic N) is 2. The lowest BCUT2D eigenvalue weighted by Gasteiger charge is -2.34. The Kier molecular flexibility index (Phi) is 7.14. The van der Waals surface area contributed by atoms with E-state index in [-0.39, 0.29) is 5.91 Å². The molecule has 3 rings (SSSR count). The zero-order valence-electron chi connectivity index (χ0n) is 17.3. The zero-order chi connectivity index (χ0) is 20.6. The fraction of sp³-hybridized carbons (Fsp3) is 0.348. The van der Waals surface area contributed by atoms with Gasteiger partial charge in [0.2, 0.25) is 5.91 Å². The minimum absolute atomic E-state index is 0.00111. The van der Waals surface area contributed by atoms with Gasteiger partial charge in [-0.15, -0.1) is 0 Å². The van der Waals surface area contributed by atoms with Crippen LogP contribution in [0, 0.1) is 0 Å². The summed E-state index contributed by atoms with van der Waals surface area (Å²) in [5.41, 5.74) is 2.06. The van der Waals surface area contributed by atoms with E-state index in [1.54, 1.807) is 45.6 Å². The summed E-state index contributed by atoms with van der Waals surface area (Å²) in [5.74, 6) is 1.80. The van der Waals surface area contributed by atoms with Gasteiger partial charge in [-0.3, -0.25) is 9.69 Å². The van der Waals surface area contributed by atoms with Gasteiger partial charge in [0.1, 0.15) is 5.75 Å². The standard InChI is InChI=1S/C23H28N2O4/c1-27-20-16-22(29-3)21(28-2)15-19(20)9-10-23(26)25-13-11-24(12-14-25)17-18-7-5-4-6-8-18/h4-10,15-16H,11-14,17H2,1-3H3/b10-9+. The van der Waals surface area contributed by atoms with E-state index in [0.29, 0.717) is 17.2 Å². The van der Waals surface area contributed by atoms with Crippen molar-refractivity contribution in [3.8, 4) is 17.2 Å². The highest BCUT2D eigenvalue weighted by molar-refractivity contribution is 5.92. The molecule has 0 bridgehead atoms. The summed E-state index contributed by atoms with van der Waals surface area (Å²) in [7, 11) is 4.75. The number of carbonyl (C=O) groups excluding carboxylic acids is 1. The Balaban J connectivity index is 1.60. The second-order valence-corrected chi connectivity index (χ2v) is 6.87. The summed E-state index contributed by atoms with van der Waals surface area (Å²) >= 11 is 0. The number of amides is 1. The van der Waals surface area contributed by atoms with Gasteiger partial charge >= 0.3 is 0 Å². The van der Waals surface area contributed by atoms with Crippen LogP contribution in [0.5, 0.6) is 17.2 Å². The number of hydrogen-bond acceptors (Lipinski definition) is 5. The second-order valence-electron chi connectivity index (χ2n) is 6.87. The molecule has 0 aromatic heterocycles. The lowest BCUT2D eigenvalue weighted by atomic mass is 10.1. The molecule has 0 saturated carbocycles. The maximum Gasteiger partial charge on any atom is 0.246 e. The van der Waals surface area contributed by atoms with Crippen molar-refractivity contribution in [2.45, 2.75) is 6.54 Å². The summed E-state index contributed by atoms with van der Waals surface area (Å²) in [6.07, 6.45) is 3.36. The molecule has 1 aliphatic heterocycles. The van der Waals surface area contributed by atoms with Gasteiger partial charge in [0, 0.05) is 50.4 Å².